The van der Waals surface area contributed by atoms with Crippen LogP contribution in [0.4, 0.5) is 11.5 Å². The maximum atomic E-state index is 11.8. The van der Waals surface area contributed by atoms with Gasteiger partial charge in [0.2, 0.25) is 5.91 Å². The van der Waals surface area contributed by atoms with Gasteiger partial charge >= 0.3 is 0 Å². The van der Waals surface area contributed by atoms with E-state index in [-0.39, 0.29) is 30.5 Å². The zero-order valence-corrected chi connectivity index (χ0v) is 13.0. The van der Waals surface area contributed by atoms with Crippen LogP contribution >= 0.6 is 0 Å². The fourth-order valence-electron chi connectivity index (χ4n) is 1.74. The lowest BCUT2D eigenvalue weighted by Gasteiger charge is -2.11. The summed E-state index contributed by atoms with van der Waals surface area (Å²) in [5, 5.41) is 5.34. The molecular formula is C15H18N6O2. The number of aromatic nitrogens is 3. The normalized spacial score (nSPS) is 10.0. The van der Waals surface area contributed by atoms with Gasteiger partial charge in [-0.1, -0.05) is 0 Å². The van der Waals surface area contributed by atoms with Crippen molar-refractivity contribution in [2.45, 2.75) is 6.42 Å². The molecule has 23 heavy (non-hydrogen) atoms. The summed E-state index contributed by atoms with van der Waals surface area (Å²) in [6.07, 6.45) is 6.03. The van der Waals surface area contributed by atoms with Crippen LogP contribution in [0, 0.1) is 0 Å². The van der Waals surface area contributed by atoms with Gasteiger partial charge in [-0.3, -0.25) is 14.6 Å². The molecule has 0 radical (unpaired) electrons. The summed E-state index contributed by atoms with van der Waals surface area (Å²) >= 11 is 0. The van der Waals surface area contributed by atoms with Gasteiger partial charge in [0, 0.05) is 39.5 Å². The second-order valence-electron chi connectivity index (χ2n) is 4.94. The van der Waals surface area contributed by atoms with Crippen LogP contribution in [-0.4, -0.2) is 47.4 Å². The first kappa shape index (κ1) is 16.3. The summed E-state index contributed by atoms with van der Waals surface area (Å²) in [4.78, 5) is 37.3. The van der Waals surface area contributed by atoms with Gasteiger partial charge in [-0.05, 0) is 12.1 Å². The van der Waals surface area contributed by atoms with Crippen LogP contribution in [0.5, 0.6) is 0 Å². The van der Waals surface area contributed by atoms with Gasteiger partial charge in [-0.15, -0.1) is 0 Å². The number of carbonyl (C=O) groups is 2. The number of rotatable bonds is 6. The van der Waals surface area contributed by atoms with Crippen molar-refractivity contribution < 1.29 is 9.59 Å². The topological polar surface area (TPSA) is 100 Å². The molecule has 2 rings (SSSR count). The zero-order valence-electron chi connectivity index (χ0n) is 13.0. The molecule has 2 N–H and O–H groups in total. The van der Waals surface area contributed by atoms with Crippen molar-refractivity contribution in [3.8, 4) is 0 Å². The summed E-state index contributed by atoms with van der Waals surface area (Å²) < 4.78 is 0. The monoisotopic (exact) mass is 314 g/mol. The minimum Gasteiger partial charge on any atom is -0.363 e. The Balaban J connectivity index is 1.76. The van der Waals surface area contributed by atoms with Crippen LogP contribution in [0.1, 0.15) is 16.9 Å². The molecule has 0 unspecified atom stereocenters. The van der Waals surface area contributed by atoms with E-state index >= 15 is 0 Å². The van der Waals surface area contributed by atoms with E-state index in [0.29, 0.717) is 5.69 Å². The second-order valence-corrected chi connectivity index (χ2v) is 4.94. The van der Waals surface area contributed by atoms with Gasteiger partial charge < -0.3 is 15.5 Å². The minimum atomic E-state index is -0.358. The molecule has 0 spiro atoms. The van der Waals surface area contributed by atoms with E-state index in [1.54, 1.807) is 12.3 Å². The summed E-state index contributed by atoms with van der Waals surface area (Å²) in [6.45, 7) is 0.213. The number of carbonyl (C=O) groups excluding carboxylic acids is 2. The molecule has 2 amide bonds. The quantitative estimate of drug-likeness (QED) is 0.814. The number of nitrogens with one attached hydrogen (secondary N) is 2. The Morgan fingerprint density at radius 3 is 2.57 bits per heavy atom. The number of nitrogens with zero attached hydrogens (tertiary/aromatic N) is 4. The van der Waals surface area contributed by atoms with E-state index in [2.05, 4.69) is 25.6 Å². The molecule has 0 aliphatic rings. The highest BCUT2D eigenvalue weighted by atomic mass is 16.2. The highest BCUT2D eigenvalue weighted by Crippen LogP contribution is 2.11. The van der Waals surface area contributed by atoms with Gasteiger partial charge in [-0.2, -0.15) is 0 Å². The van der Waals surface area contributed by atoms with E-state index in [9.17, 15) is 9.59 Å². The Hall–Kier alpha value is -3.03. The van der Waals surface area contributed by atoms with Crippen molar-refractivity contribution >= 4 is 23.3 Å². The number of amides is 2. The summed E-state index contributed by atoms with van der Waals surface area (Å²) in [5.41, 5.74) is 0.831. The first-order valence-electron chi connectivity index (χ1n) is 7.03. The highest BCUT2D eigenvalue weighted by molar-refractivity contribution is 5.93. The molecule has 2 aromatic rings. The van der Waals surface area contributed by atoms with Crippen molar-refractivity contribution in [2.75, 3.05) is 30.9 Å². The number of hydrogen-bond donors (Lipinski definition) is 2. The van der Waals surface area contributed by atoms with Gasteiger partial charge in [-0.25, -0.2) is 9.97 Å². The predicted octanol–water partition coefficient (Wildman–Crippen LogP) is 0.696. The SMILES string of the molecule is CN(C)c1ccc(NC(=O)CCNC(=O)c2cnccn2)cn1. The fraction of sp³-hybridized carbons (Fsp3) is 0.267. The number of anilines is 2. The lowest BCUT2D eigenvalue weighted by Crippen LogP contribution is -2.28. The third kappa shape index (κ3) is 5.03. The van der Waals surface area contributed by atoms with Crippen LogP contribution in [0.2, 0.25) is 0 Å². The Kier molecular flexibility index (Phi) is 5.56. The van der Waals surface area contributed by atoms with Crippen LogP contribution < -0.4 is 15.5 Å². The summed E-state index contributed by atoms with van der Waals surface area (Å²) in [7, 11) is 3.78. The number of pyridine rings is 1. The first-order chi connectivity index (χ1) is 11.1. The summed E-state index contributed by atoms with van der Waals surface area (Å²) in [6, 6.07) is 3.59. The fourth-order valence-corrected chi connectivity index (χ4v) is 1.74. The van der Waals surface area contributed by atoms with Crippen molar-refractivity contribution in [1.82, 2.24) is 20.3 Å². The van der Waals surface area contributed by atoms with Gasteiger partial charge in [0.1, 0.15) is 11.5 Å². The Morgan fingerprint density at radius 1 is 1.13 bits per heavy atom. The van der Waals surface area contributed by atoms with Crippen LogP contribution in [0.3, 0.4) is 0 Å². The van der Waals surface area contributed by atoms with Crippen LogP contribution in [0.15, 0.2) is 36.9 Å². The Morgan fingerprint density at radius 2 is 1.96 bits per heavy atom. The molecule has 0 saturated carbocycles. The summed E-state index contributed by atoms with van der Waals surface area (Å²) in [5.74, 6) is 0.242. The van der Waals surface area contributed by atoms with E-state index in [1.165, 1.54) is 18.6 Å². The Bertz CT molecular complexity index is 657. The van der Waals surface area contributed by atoms with Crippen molar-refractivity contribution in [2.24, 2.45) is 0 Å². The van der Waals surface area contributed by atoms with E-state index in [0.717, 1.165) is 5.82 Å². The lowest BCUT2D eigenvalue weighted by atomic mass is 10.3. The molecule has 0 bridgehead atoms. The second kappa shape index (κ2) is 7.83. The average molecular weight is 314 g/mol. The van der Waals surface area contributed by atoms with E-state index in [1.807, 2.05) is 25.1 Å². The van der Waals surface area contributed by atoms with E-state index in [4.69, 9.17) is 0 Å². The molecule has 0 saturated heterocycles. The molecule has 0 atom stereocenters. The molecule has 8 nitrogen and oxygen atoms in total. The van der Waals surface area contributed by atoms with Gasteiger partial charge in [0.25, 0.3) is 5.91 Å². The smallest absolute Gasteiger partial charge is 0.271 e. The molecule has 0 aliphatic heterocycles. The Labute approximate surface area is 134 Å². The molecule has 8 heteroatoms. The maximum absolute atomic E-state index is 11.8. The van der Waals surface area contributed by atoms with Gasteiger partial charge in [0.15, 0.2) is 0 Å². The predicted molar refractivity (Wildman–Crippen MR) is 86.2 cm³/mol. The minimum absolute atomic E-state index is 0.154. The van der Waals surface area contributed by atoms with Crippen LogP contribution in [0.25, 0.3) is 0 Å². The lowest BCUT2D eigenvalue weighted by molar-refractivity contribution is -0.116. The maximum Gasteiger partial charge on any atom is 0.271 e. The molecule has 2 heterocycles. The zero-order chi connectivity index (χ0) is 16.7. The van der Waals surface area contributed by atoms with Crippen molar-refractivity contribution in [3.05, 3.63) is 42.6 Å². The number of hydrogen-bond acceptors (Lipinski definition) is 6. The largest absolute Gasteiger partial charge is 0.363 e. The molecule has 0 aliphatic carbocycles. The third-order valence-corrected chi connectivity index (χ3v) is 2.92. The molecule has 0 aromatic carbocycles. The highest BCUT2D eigenvalue weighted by Gasteiger charge is 2.08. The van der Waals surface area contributed by atoms with Gasteiger partial charge in [0.05, 0.1) is 18.1 Å². The molecule has 120 valence electrons. The average Bonchev–Trinajstić information content (AvgIpc) is 2.56. The molecule has 2 aromatic heterocycles. The molecular weight excluding hydrogens is 296 g/mol. The van der Waals surface area contributed by atoms with Crippen molar-refractivity contribution in [1.29, 1.82) is 0 Å². The molecule has 0 fully saturated rings. The third-order valence-electron chi connectivity index (χ3n) is 2.92. The van der Waals surface area contributed by atoms with Crippen LogP contribution in [-0.2, 0) is 4.79 Å². The van der Waals surface area contributed by atoms with E-state index < -0.39 is 0 Å². The van der Waals surface area contributed by atoms with Crippen molar-refractivity contribution in [3.63, 3.8) is 0 Å². The standard InChI is InChI=1S/C15H18N6O2/c1-21(2)13-4-3-11(9-19-13)20-14(22)5-6-18-15(23)12-10-16-7-8-17-12/h3-4,7-10H,5-6H2,1-2H3,(H,18,23)(H,20,22). The first-order valence-corrected chi connectivity index (χ1v) is 7.03.